The van der Waals surface area contributed by atoms with Gasteiger partial charge in [-0.3, -0.25) is 0 Å². The van der Waals surface area contributed by atoms with Gasteiger partial charge in [-0.2, -0.15) is 11.3 Å². The van der Waals surface area contributed by atoms with E-state index in [1.54, 1.807) is 23.5 Å². The highest BCUT2D eigenvalue weighted by atomic mass is 32.1. The maximum atomic E-state index is 12.7. The van der Waals surface area contributed by atoms with Crippen LogP contribution in [0.25, 0.3) is 0 Å². The predicted molar refractivity (Wildman–Crippen MR) is 61.4 cm³/mol. The maximum absolute atomic E-state index is 12.7. The Kier molecular flexibility index (Phi) is 3.14. The number of rotatable bonds is 3. The van der Waals surface area contributed by atoms with Crippen LogP contribution < -0.4 is 5.73 Å². The lowest BCUT2D eigenvalue weighted by Crippen LogP contribution is -2.12. The molecule has 2 aromatic rings. The summed E-state index contributed by atoms with van der Waals surface area (Å²) in [6, 6.07) is 8.39. The smallest absolute Gasteiger partial charge is 0.123 e. The van der Waals surface area contributed by atoms with E-state index in [0.717, 1.165) is 12.0 Å². The molecule has 3 heteroatoms. The Labute approximate surface area is 92.4 Å². The number of hydrogen-bond acceptors (Lipinski definition) is 2. The minimum atomic E-state index is -0.221. The first kappa shape index (κ1) is 10.3. The molecule has 2 N–H and O–H groups in total. The molecule has 78 valence electrons. The van der Waals surface area contributed by atoms with Crippen LogP contribution in [-0.4, -0.2) is 0 Å². The van der Waals surface area contributed by atoms with E-state index in [1.165, 1.54) is 17.7 Å². The van der Waals surface area contributed by atoms with E-state index in [2.05, 4.69) is 11.4 Å². The van der Waals surface area contributed by atoms with Gasteiger partial charge in [0.1, 0.15) is 5.82 Å². The minimum absolute atomic E-state index is 0.0554. The molecule has 1 unspecified atom stereocenters. The monoisotopic (exact) mass is 221 g/mol. The molecule has 0 bridgehead atoms. The summed E-state index contributed by atoms with van der Waals surface area (Å²) in [6.45, 7) is 0. The van der Waals surface area contributed by atoms with Crippen LogP contribution in [0.2, 0.25) is 0 Å². The Morgan fingerprint density at radius 1 is 1.20 bits per heavy atom. The number of thiophene rings is 1. The zero-order valence-corrected chi connectivity index (χ0v) is 9.01. The summed E-state index contributed by atoms with van der Waals surface area (Å²) >= 11 is 1.66. The van der Waals surface area contributed by atoms with Crippen LogP contribution in [-0.2, 0) is 6.42 Å². The third kappa shape index (κ3) is 2.64. The Morgan fingerprint density at radius 2 is 1.93 bits per heavy atom. The third-order valence-corrected chi connectivity index (χ3v) is 3.07. The molecular formula is C12H12FNS. The highest BCUT2D eigenvalue weighted by Crippen LogP contribution is 2.17. The lowest BCUT2D eigenvalue weighted by molar-refractivity contribution is 0.624. The van der Waals surface area contributed by atoms with Crippen LogP contribution >= 0.6 is 11.3 Å². The first-order valence-corrected chi connectivity index (χ1v) is 5.72. The van der Waals surface area contributed by atoms with Crippen LogP contribution in [0.5, 0.6) is 0 Å². The summed E-state index contributed by atoms with van der Waals surface area (Å²) in [5.41, 5.74) is 8.23. The largest absolute Gasteiger partial charge is 0.324 e. The van der Waals surface area contributed by atoms with Gasteiger partial charge in [-0.1, -0.05) is 12.1 Å². The van der Waals surface area contributed by atoms with Crippen LogP contribution in [0.4, 0.5) is 4.39 Å². The summed E-state index contributed by atoms with van der Waals surface area (Å²) in [4.78, 5) is 0. The van der Waals surface area contributed by atoms with E-state index in [1.807, 2.05) is 5.38 Å². The van der Waals surface area contributed by atoms with Crippen molar-refractivity contribution in [1.82, 2.24) is 0 Å². The van der Waals surface area contributed by atoms with Crippen molar-refractivity contribution in [3.05, 3.63) is 58.0 Å². The van der Waals surface area contributed by atoms with Crippen molar-refractivity contribution in [2.45, 2.75) is 12.5 Å². The fourth-order valence-electron chi connectivity index (χ4n) is 1.49. The first-order valence-electron chi connectivity index (χ1n) is 4.78. The van der Waals surface area contributed by atoms with E-state index >= 15 is 0 Å². The Morgan fingerprint density at radius 3 is 2.53 bits per heavy atom. The third-order valence-electron chi connectivity index (χ3n) is 2.33. The molecule has 1 aromatic carbocycles. The van der Waals surface area contributed by atoms with Gasteiger partial charge in [0.15, 0.2) is 0 Å². The highest BCUT2D eigenvalue weighted by molar-refractivity contribution is 7.07. The Balaban J connectivity index is 2.08. The van der Waals surface area contributed by atoms with Crippen LogP contribution in [0.1, 0.15) is 17.2 Å². The number of benzene rings is 1. The van der Waals surface area contributed by atoms with Crippen molar-refractivity contribution < 1.29 is 4.39 Å². The zero-order chi connectivity index (χ0) is 10.7. The molecule has 0 aliphatic rings. The summed E-state index contributed by atoms with van der Waals surface area (Å²) in [5, 5.41) is 4.12. The second kappa shape index (κ2) is 4.55. The zero-order valence-electron chi connectivity index (χ0n) is 8.19. The fourth-order valence-corrected chi connectivity index (χ4v) is 2.17. The fraction of sp³-hybridized carbons (Fsp3) is 0.167. The van der Waals surface area contributed by atoms with Crippen LogP contribution in [0.3, 0.4) is 0 Å². The van der Waals surface area contributed by atoms with E-state index in [9.17, 15) is 4.39 Å². The Bertz CT molecular complexity index is 408. The Hall–Kier alpha value is -1.19. The lowest BCUT2D eigenvalue weighted by Gasteiger charge is -2.10. The van der Waals surface area contributed by atoms with Gasteiger partial charge in [-0.15, -0.1) is 0 Å². The van der Waals surface area contributed by atoms with Crippen LogP contribution in [0, 0.1) is 5.82 Å². The molecule has 15 heavy (non-hydrogen) atoms. The molecule has 0 amide bonds. The normalized spacial score (nSPS) is 12.7. The van der Waals surface area contributed by atoms with Crippen molar-refractivity contribution in [3.8, 4) is 0 Å². The summed E-state index contributed by atoms with van der Waals surface area (Å²) in [6.07, 6.45) is 0.801. The summed E-state index contributed by atoms with van der Waals surface area (Å²) < 4.78 is 12.7. The lowest BCUT2D eigenvalue weighted by atomic mass is 10.0. The van der Waals surface area contributed by atoms with Crippen molar-refractivity contribution in [2.75, 3.05) is 0 Å². The summed E-state index contributed by atoms with van der Waals surface area (Å²) in [5.74, 6) is -0.221. The van der Waals surface area contributed by atoms with E-state index < -0.39 is 0 Å². The molecule has 0 aliphatic carbocycles. The topological polar surface area (TPSA) is 26.0 Å². The molecule has 0 saturated carbocycles. The molecule has 0 aliphatic heterocycles. The minimum Gasteiger partial charge on any atom is -0.324 e. The van der Waals surface area contributed by atoms with Crippen molar-refractivity contribution in [1.29, 1.82) is 0 Å². The maximum Gasteiger partial charge on any atom is 0.123 e. The molecule has 0 fully saturated rings. The van der Waals surface area contributed by atoms with Gasteiger partial charge < -0.3 is 5.73 Å². The van der Waals surface area contributed by atoms with Gasteiger partial charge >= 0.3 is 0 Å². The first-order chi connectivity index (χ1) is 7.25. The van der Waals surface area contributed by atoms with Gasteiger partial charge in [0.25, 0.3) is 0 Å². The standard InChI is InChI=1S/C12H12FNS/c13-11-3-1-10(2-4-11)12(14)7-9-5-6-15-8-9/h1-6,8,12H,7,14H2. The SMILES string of the molecule is NC(Cc1ccsc1)c1ccc(F)cc1. The molecule has 2 rings (SSSR count). The van der Waals surface area contributed by atoms with E-state index in [-0.39, 0.29) is 11.9 Å². The quantitative estimate of drug-likeness (QED) is 0.846. The second-order valence-electron chi connectivity index (χ2n) is 3.49. The van der Waals surface area contributed by atoms with Crippen molar-refractivity contribution >= 4 is 11.3 Å². The van der Waals surface area contributed by atoms with Crippen molar-refractivity contribution in [3.63, 3.8) is 0 Å². The van der Waals surface area contributed by atoms with Gasteiger partial charge in [0.2, 0.25) is 0 Å². The highest BCUT2D eigenvalue weighted by Gasteiger charge is 2.07. The average Bonchev–Trinajstić information content (AvgIpc) is 2.71. The molecule has 0 spiro atoms. The second-order valence-corrected chi connectivity index (χ2v) is 4.27. The van der Waals surface area contributed by atoms with Crippen LogP contribution in [0.15, 0.2) is 41.1 Å². The molecule has 1 atom stereocenters. The van der Waals surface area contributed by atoms with E-state index in [0.29, 0.717) is 0 Å². The number of hydrogen-bond donors (Lipinski definition) is 1. The van der Waals surface area contributed by atoms with Gasteiger partial charge in [0, 0.05) is 6.04 Å². The number of nitrogens with two attached hydrogens (primary N) is 1. The average molecular weight is 221 g/mol. The molecule has 1 aromatic heterocycles. The van der Waals surface area contributed by atoms with Gasteiger partial charge in [0.05, 0.1) is 0 Å². The molecule has 0 radical (unpaired) electrons. The molecule has 1 heterocycles. The molecule has 0 saturated heterocycles. The number of halogens is 1. The summed E-state index contributed by atoms with van der Waals surface area (Å²) in [7, 11) is 0. The molecule has 1 nitrogen and oxygen atoms in total. The predicted octanol–water partition coefficient (Wildman–Crippen LogP) is 3.13. The van der Waals surface area contributed by atoms with E-state index in [4.69, 9.17) is 5.73 Å². The van der Waals surface area contributed by atoms with Crippen molar-refractivity contribution in [2.24, 2.45) is 5.73 Å². The van der Waals surface area contributed by atoms with Gasteiger partial charge in [-0.05, 0) is 46.5 Å². The molecular weight excluding hydrogens is 209 g/mol. The van der Waals surface area contributed by atoms with Gasteiger partial charge in [-0.25, -0.2) is 4.39 Å².